The van der Waals surface area contributed by atoms with Crippen molar-refractivity contribution in [3.8, 4) is 0 Å². The Kier molecular flexibility index (Phi) is 4.32. The Labute approximate surface area is 62.2 Å². The van der Waals surface area contributed by atoms with Crippen LogP contribution in [0.5, 0.6) is 0 Å². The molecule has 2 nitrogen and oxygen atoms in total. The molecule has 0 aliphatic heterocycles. The van der Waals surface area contributed by atoms with Crippen molar-refractivity contribution in [1.82, 2.24) is 0 Å². The number of aliphatic hydroxyl groups is 2. The summed E-state index contributed by atoms with van der Waals surface area (Å²) < 4.78 is 0. The molecule has 10 heavy (non-hydrogen) atoms. The Hall–Kier alpha value is -0.340. The average Bonchev–Trinajstić information content (AvgIpc) is 2.00. The molecular weight excluding hydrogens is 128 g/mol. The second kappa shape index (κ2) is 4.47. The molecule has 0 saturated heterocycles. The van der Waals surface area contributed by atoms with Gasteiger partial charge in [-0.05, 0) is 18.4 Å². The Morgan fingerprint density at radius 2 is 1.90 bits per heavy atom. The third kappa shape index (κ3) is 2.50. The van der Waals surface area contributed by atoms with E-state index in [1.165, 1.54) is 0 Å². The van der Waals surface area contributed by atoms with Gasteiger partial charge in [-0.2, -0.15) is 0 Å². The monoisotopic (exact) mass is 144 g/mol. The molecular formula is C8H16O2. The van der Waals surface area contributed by atoms with Gasteiger partial charge in [0.05, 0.1) is 6.10 Å². The second-order valence-electron chi connectivity index (χ2n) is 2.43. The first-order valence-corrected chi connectivity index (χ1v) is 3.67. The Balaban J connectivity index is 3.81. The van der Waals surface area contributed by atoms with Crippen LogP contribution in [-0.4, -0.2) is 22.4 Å². The molecule has 0 radical (unpaired) electrons. The van der Waals surface area contributed by atoms with Crippen LogP contribution in [-0.2, 0) is 0 Å². The molecule has 0 aliphatic carbocycles. The van der Waals surface area contributed by atoms with Gasteiger partial charge in [0.15, 0.2) is 0 Å². The highest BCUT2D eigenvalue weighted by Gasteiger charge is 2.15. The average molecular weight is 144 g/mol. The van der Waals surface area contributed by atoms with Crippen LogP contribution in [0.4, 0.5) is 0 Å². The normalized spacial score (nSPS) is 16.4. The van der Waals surface area contributed by atoms with Crippen molar-refractivity contribution >= 4 is 0 Å². The van der Waals surface area contributed by atoms with Gasteiger partial charge in [0.1, 0.15) is 6.10 Å². The van der Waals surface area contributed by atoms with E-state index < -0.39 is 12.2 Å². The van der Waals surface area contributed by atoms with E-state index in [1.54, 1.807) is 0 Å². The molecule has 2 unspecified atom stereocenters. The molecule has 0 aromatic rings. The zero-order chi connectivity index (χ0) is 8.15. The lowest BCUT2D eigenvalue weighted by molar-refractivity contribution is 0.0385. The standard InChI is InChI=1S/C8H16O2/c1-4-6(3)8(10)7(9)5-2/h7-10H,3-5H2,1-2H3. The van der Waals surface area contributed by atoms with E-state index >= 15 is 0 Å². The van der Waals surface area contributed by atoms with Gasteiger partial charge in [0.2, 0.25) is 0 Å². The first kappa shape index (κ1) is 9.66. The lowest BCUT2D eigenvalue weighted by Crippen LogP contribution is -2.26. The van der Waals surface area contributed by atoms with Gasteiger partial charge in [0.25, 0.3) is 0 Å². The van der Waals surface area contributed by atoms with Gasteiger partial charge in [-0.25, -0.2) is 0 Å². The molecule has 0 rings (SSSR count). The Bertz CT molecular complexity index is 110. The van der Waals surface area contributed by atoms with Crippen molar-refractivity contribution in [3.05, 3.63) is 12.2 Å². The van der Waals surface area contributed by atoms with E-state index in [0.29, 0.717) is 12.0 Å². The third-order valence-corrected chi connectivity index (χ3v) is 1.66. The van der Waals surface area contributed by atoms with E-state index in [0.717, 1.165) is 6.42 Å². The van der Waals surface area contributed by atoms with Crippen LogP contribution in [0.2, 0.25) is 0 Å². The van der Waals surface area contributed by atoms with Gasteiger partial charge in [-0.1, -0.05) is 20.4 Å². The summed E-state index contributed by atoms with van der Waals surface area (Å²) >= 11 is 0. The van der Waals surface area contributed by atoms with Gasteiger partial charge in [0, 0.05) is 0 Å². The summed E-state index contributed by atoms with van der Waals surface area (Å²) in [6, 6.07) is 0. The van der Waals surface area contributed by atoms with Crippen LogP contribution in [0.3, 0.4) is 0 Å². The van der Waals surface area contributed by atoms with Crippen molar-refractivity contribution in [1.29, 1.82) is 0 Å². The molecule has 2 atom stereocenters. The minimum absolute atomic E-state index is 0.570. The van der Waals surface area contributed by atoms with Crippen LogP contribution in [0, 0.1) is 0 Å². The van der Waals surface area contributed by atoms with E-state index in [4.69, 9.17) is 5.11 Å². The molecule has 2 heteroatoms. The Morgan fingerprint density at radius 1 is 1.40 bits per heavy atom. The lowest BCUT2D eigenvalue weighted by atomic mass is 10.0. The summed E-state index contributed by atoms with van der Waals surface area (Å²) in [4.78, 5) is 0. The fourth-order valence-electron chi connectivity index (χ4n) is 0.704. The maximum Gasteiger partial charge on any atom is 0.101 e. The summed E-state index contributed by atoms with van der Waals surface area (Å²) in [7, 11) is 0. The highest BCUT2D eigenvalue weighted by Crippen LogP contribution is 2.09. The predicted molar refractivity (Wildman–Crippen MR) is 41.7 cm³/mol. The zero-order valence-electron chi connectivity index (χ0n) is 6.67. The largest absolute Gasteiger partial charge is 0.390 e. The van der Waals surface area contributed by atoms with Gasteiger partial charge < -0.3 is 10.2 Å². The lowest BCUT2D eigenvalue weighted by Gasteiger charge is -2.17. The number of rotatable bonds is 4. The summed E-state index contributed by atoms with van der Waals surface area (Å²) in [5.41, 5.74) is 0.703. The van der Waals surface area contributed by atoms with E-state index in [-0.39, 0.29) is 0 Å². The van der Waals surface area contributed by atoms with Crippen molar-refractivity contribution in [2.24, 2.45) is 0 Å². The molecule has 0 aromatic heterocycles. The van der Waals surface area contributed by atoms with Crippen LogP contribution >= 0.6 is 0 Å². The summed E-state index contributed by atoms with van der Waals surface area (Å²) in [5.74, 6) is 0. The molecule has 60 valence electrons. The van der Waals surface area contributed by atoms with E-state index in [2.05, 4.69) is 6.58 Å². The van der Waals surface area contributed by atoms with Crippen molar-refractivity contribution < 1.29 is 10.2 Å². The van der Waals surface area contributed by atoms with E-state index in [1.807, 2.05) is 13.8 Å². The summed E-state index contributed by atoms with van der Waals surface area (Å²) in [6.45, 7) is 7.37. The molecule has 0 fully saturated rings. The highest BCUT2D eigenvalue weighted by molar-refractivity contribution is 5.02. The van der Waals surface area contributed by atoms with Gasteiger partial charge in [-0.15, -0.1) is 0 Å². The predicted octanol–water partition coefficient (Wildman–Crippen LogP) is 1.08. The SMILES string of the molecule is C=C(CC)C(O)C(O)CC. The van der Waals surface area contributed by atoms with Gasteiger partial charge in [-0.3, -0.25) is 0 Å². The first-order chi connectivity index (χ1) is 4.63. The number of hydrogen-bond donors (Lipinski definition) is 2. The van der Waals surface area contributed by atoms with E-state index in [9.17, 15) is 5.11 Å². The molecule has 0 bridgehead atoms. The van der Waals surface area contributed by atoms with Crippen LogP contribution in [0.25, 0.3) is 0 Å². The maximum absolute atomic E-state index is 9.24. The molecule has 0 saturated carbocycles. The summed E-state index contributed by atoms with van der Waals surface area (Å²) in [6.07, 6.45) is -0.0965. The minimum atomic E-state index is -0.741. The van der Waals surface area contributed by atoms with Crippen molar-refractivity contribution in [2.45, 2.75) is 38.9 Å². The molecule has 0 aromatic carbocycles. The molecule has 0 aliphatic rings. The summed E-state index contributed by atoms with van der Waals surface area (Å²) in [5, 5.41) is 18.4. The fourth-order valence-corrected chi connectivity index (χ4v) is 0.704. The highest BCUT2D eigenvalue weighted by atomic mass is 16.3. The Morgan fingerprint density at radius 3 is 2.20 bits per heavy atom. The molecule has 0 amide bonds. The molecule has 0 spiro atoms. The van der Waals surface area contributed by atoms with Gasteiger partial charge >= 0.3 is 0 Å². The van der Waals surface area contributed by atoms with Crippen LogP contribution in [0.15, 0.2) is 12.2 Å². The fraction of sp³-hybridized carbons (Fsp3) is 0.750. The zero-order valence-corrected chi connectivity index (χ0v) is 6.67. The molecule has 0 heterocycles. The topological polar surface area (TPSA) is 40.5 Å². The minimum Gasteiger partial charge on any atom is -0.390 e. The maximum atomic E-state index is 9.24. The van der Waals surface area contributed by atoms with Crippen molar-refractivity contribution in [3.63, 3.8) is 0 Å². The van der Waals surface area contributed by atoms with Crippen LogP contribution in [0.1, 0.15) is 26.7 Å². The third-order valence-electron chi connectivity index (χ3n) is 1.66. The first-order valence-electron chi connectivity index (χ1n) is 3.67. The van der Waals surface area contributed by atoms with Crippen molar-refractivity contribution in [2.75, 3.05) is 0 Å². The van der Waals surface area contributed by atoms with Crippen LogP contribution < -0.4 is 0 Å². The second-order valence-corrected chi connectivity index (χ2v) is 2.43. The molecule has 2 N–H and O–H groups in total. The smallest absolute Gasteiger partial charge is 0.101 e. The number of aliphatic hydroxyl groups excluding tert-OH is 2. The number of hydrogen-bond acceptors (Lipinski definition) is 2. The quantitative estimate of drug-likeness (QED) is 0.580.